The van der Waals surface area contributed by atoms with Crippen LogP contribution >= 0.6 is 0 Å². The Morgan fingerprint density at radius 3 is 0.823 bits per heavy atom. The van der Waals surface area contributed by atoms with Gasteiger partial charge in [0.05, 0.1) is 19.3 Å². The maximum absolute atomic E-state index is 11.2. The molecule has 74 heteroatoms. The van der Waals surface area contributed by atoms with E-state index in [1.165, 1.54) is 58.1 Å². The zero-order valence-corrected chi connectivity index (χ0v) is 80.9. The van der Waals surface area contributed by atoms with Crippen LogP contribution in [0.5, 0.6) is 0 Å². The van der Waals surface area contributed by atoms with Gasteiger partial charge in [-0.25, -0.2) is 75.2 Å². The Morgan fingerprint density at radius 2 is 0.553 bits per heavy atom. The molecule has 14 aromatic heterocycles. The number of hydrogen-bond donors (Lipinski definition) is 5. The van der Waals surface area contributed by atoms with E-state index in [1.807, 2.05) is 13.8 Å². The van der Waals surface area contributed by atoms with Crippen LogP contribution < -0.4 is 123 Å². The van der Waals surface area contributed by atoms with Crippen LogP contribution in [-0.2, 0) is 96.1 Å². The molecule has 0 fully saturated rings. The molecule has 0 spiro atoms. The minimum Gasteiger partial charge on any atom is -0.870 e. The average molecular weight is 2050 g/mol. The van der Waals surface area contributed by atoms with Gasteiger partial charge in [0, 0.05) is 35.2 Å². The number of rotatable bonds is 19. The van der Waals surface area contributed by atoms with E-state index in [9.17, 15) is 74.3 Å². The third-order valence-corrected chi connectivity index (χ3v) is 15.2. The third-order valence-electron chi connectivity index (χ3n) is 15.2. The predicted octanol–water partition coefficient (Wildman–Crippen LogP) is -4.80. The quantitative estimate of drug-likeness (QED) is 0.00965. The van der Waals surface area contributed by atoms with Gasteiger partial charge in [0.15, 0.2) is 57.1 Å². The Balaban J connectivity index is -0.000000357. The number of carbonyl (C=O) groups is 5. The van der Waals surface area contributed by atoms with Crippen LogP contribution in [0.3, 0.4) is 0 Å². The summed E-state index contributed by atoms with van der Waals surface area (Å²) in [5.41, 5.74) is 14.5. The van der Waals surface area contributed by atoms with E-state index >= 15 is 0 Å². The topological polar surface area (TPSA) is 931 Å². The maximum Gasteiger partial charge on any atom is 1.00 e. The van der Waals surface area contributed by atoms with Crippen molar-refractivity contribution < 1.29 is 245 Å². The Hall–Kier alpha value is -14.7. The van der Waals surface area contributed by atoms with Gasteiger partial charge in [-0.05, 0) is 134 Å². The molecule has 0 aliphatic heterocycles. The summed E-state index contributed by atoms with van der Waals surface area (Å²) < 4.78 is 138. The molecular weight excluding hydrogens is 1960 g/mol. The summed E-state index contributed by atoms with van der Waals surface area (Å²) in [5, 5.41) is 127. The summed E-state index contributed by atoms with van der Waals surface area (Å²) in [4.78, 5) is 107. The van der Waals surface area contributed by atoms with Gasteiger partial charge in [0.1, 0.15) is 85.7 Å². The van der Waals surface area contributed by atoms with Gasteiger partial charge in [-0.15, -0.1) is 0 Å². The summed E-state index contributed by atoms with van der Waals surface area (Å²) in [6.07, 6.45) is -7.61. The number of anilines is 1. The van der Waals surface area contributed by atoms with Crippen LogP contribution in [0.2, 0.25) is 0 Å². The molecule has 0 atom stereocenters. The fourth-order valence-electron chi connectivity index (χ4n) is 8.71. The van der Waals surface area contributed by atoms with E-state index in [0.717, 1.165) is 45.1 Å². The molecule has 9 N–H and O–H groups in total. The number of esters is 2. The third kappa shape index (κ3) is 39.9. The van der Waals surface area contributed by atoms with Crippen molar-refractivity contribution in [3.8, 4) is 57.6 Å². The minimum absolute atomic E-state index is 0. The van der Waals surface area contributed by atoms with Crippen LogP contribution in [0.15, 0.2) is 109 Å². The normalized spacial score (nSPS) is 10.5. The van der Waals surface area contributed by atoms with Crippen LogP contribution in [0.1, 0.15) is 173 Å². The number of Topliss-reactive ketones (excluding diaryl/α,β-unsaturated/α-hetero) is 3. The van der Waals surface area contributed by atoms with E-state index in [-0.39, 0.29) is 218 Å². The first-order valence-electron chi connectivity index (χ1n) is 35.6. The van der Waals surface area contributed by atoms with Crippen molar-refractivity contribution in [2.24, 2.45) is 55.9 Å². The molecule has 14 aromatic rings. The average Bonchev–Trinajstić information content (AvgIpc) is 1.70. The molecule has 0 amide bonds. The molecule has 0 aliphatic rings. The number of oxime groups is 4. The van der Waals surface area contributed by atoms with Crippen LogP contribution in [0.25, 0.3) is 57.6 Å². The van der Waals surface area contributed by atoms with Crippen molar-refractivity contribution in [3.05, 3.63) is 121 Å². The molecule has 0 radical (unpaired) electrons. The van der Waals surface area contributed by atoms with Crippen LogP contribution in [0.4, 0.5) is 32.2 Å². The minimum atomic E-state index is -5.62. The first-order valence-corrected chi connectivity index (χ1v) is 35.6. The molecule has 760 valence electrons. The number of aromatic nitrogens is 28. The predicted molar refractivity (Wildman–Crippen MR) is 434 cm³/mol. The molecule has 0 saturated heterocycles. The Kier molecular flexibility index (Phi) is 63.3. The van der Waals surface area contributed by atoms with Gasteiger partial charge < -0.3 is 47.7 Å². The second-order valence-corrected chi connectivity index (χ2v) is 25.1. The van der Waals surface area contributed by atoms with Crippen molar-refractivity contribution in [1.82, 2.24) is 141 Å². The van der Waals surface area contributed by atoms with Crippen LogP contribution in [-0.4, -0.2) is 243 Å². The number of hydrogen-bond acceptors (Lipinski definition) is 60. The molecule has 0 bridgehead atoms. The van der Waals surface area contributed by atoms with Gasteiger partial charge in [-0.1, -0.05) is 144 Å². The van der Waals surface area contributed by atoms with Gasteiger partial charge in [-0.3, -0.25) is 59.8 Å². The zero-order chi connectivity index (χ0) is 97.9. The molecule has 0 aromatic carbocycles. The van der Waals surface area contributed by atoms with Crippen molar-refractivity contribution in [2.45, 2.75) is 170 Å². The molecule has 0 aliphatic carbocycles. The number of nitrogen functional groups attached to an aromatic ring is 1. The number of halogens is 6. The summed E-state index contributed by atoms with van der Waals surface area (Å²) in [6.45, 7) is 19.9. The van der Waals surface area contributed by atoms with Gasteiger partial charge in [0.2, 0.25) is 29.1 Å². The number of carbonyl (C=O) groups excluding carboxylic acids is 5. The fourth-order valence-corrected chi connectivity index (χ4v) is 8.71. The summed E-state index contributed by atoms with van der Waals surface area (Å²) in [6, 6.07) is 0. The number of ether oxygens (including phenoxy) is 1. The van der Waals surface area contributed by atoms with Crippen molar-refractivity contribution in [1.29, 1.82) is 0 Å². The Morgan fingerprint density at radius 1 is 0.326 bits per heavy atom. The first-order chi connectivity index (χ1) is 61.8. The number of ketones is 3. The fraction of sp³-hybridized carbons (Fsp3) is 0.448. The molecule has 0 unspecified atom stereocenters. The van der Waals surface area contributed by atoms with Gasteiger partial charge in [0.25, 0.3) is 0 Å². The van der Waals surface area contributed by atoms with Crippen molar-refractivity contribution in [2.75, 3.05) is 5.73 Å². The molecule has 65 nitrogen and oxygen atoms in total. The van der Waals surface area contributed by atoms with E-state index in [1.54, 1.807) is 55.5 Å². The maximum atomic E-state index is 11.2. The molecule has 0 saturated carbocycles. The zero-order valence-electron chi connectivity index (χ0n) is 74.9. The molecule has 141 heavy (non-hydrogen) atoms. The first kappa shape index (κ1) is 137. The Labute approximate surface area is 849 Å². The second kappa shape index (κ2) is 65.2. The van der Waals surface area contributed by atoms with E-state index in [4.69, 9.17) is 26.6 Å². The number of alkyl halides is 6. The van der Waals surface area contributed by atoms with Crippen LogP contribution in [0, 0.1) is 20.8 Å². The van der Waals surface area contributed by atoms with Gasteiger partial charge >= 0.3 is 142 Å². The summed E-state index contributed by atoms with van der Waals surface area (Å²) >= 11 is 0. The molecule has 14 rings (SSSR count). The Bertz CT molecular complexity index is 6280. The van der Waals surface area contributed by atoms with Gasteiger partial charge in [-0.2, -0.15) is 26.3 Å². The number of aryl methyl sites for hydroxylation is 5. The summed E-state index contributed by atoms with van der Waals surface area (Å²) in [5.74, 6) is -8.29. The largest absolute Gasteiger partial charge is 1.00 e. The number of nitrogens with zero attached hydrogens (tertiary/aromatic N) is 32. The SMILES string of the molecule is C.C.C.C.CC(=NO)c1nonc1C.CC(=NO)c1nonc1C.CC(=O)Cc1nonc1-c1noc(=O)n1C.CC(=O)Cc1nonc1-c1noc(=O)n1C.CC(=O)Cc1nonc1C(C)=NO.CCCc1nonc1-c1noc(=O)n1C.CCCc1nonc1C(C)=NO.Cc1nonc1-c1noc(=O)n1C.Cn1c(-c2nonc2N)noc1=O.O=C(OC(=O)C(F)(F)F)C(F)(F)F.[Na+].[Na+].[Na+].[OH-].[OH-].[OH-]. The standard InChI is InChI=1S/2C8H8N4O4.C8H10N4O3.C7H9N3O3.C7H11N3O2.C6H6N4O3.C5H5N5O3.2C5H7N3O2.C4F6O3.4CH4.3Na.3H2O/c2*1-4(13)3-5-6(10-16-9-5)7-11-15-8(14)12(7)2;1-3-4-5-6(10-15-9-5)7-11-14-8(13)12(7)2;1-4(11)3-6-7(5(2)8-12)10-13-9-6;1-3-4-6-7(5(2)8-11)10-12-9-6;1-3-4(8-13-7-3)5-9-12-6(11)10(5)2;1-10-4(9-12-5(10)11)2-3(6)8-13-7-2;2*1-3(6-9)5-4(2)7-10-8-5;5-3(6,7)1(11)13-2(12)4(8,9)10;;;;;;;;;;/h2*3H2,1-2H3;3-4H2,1-2H3;12H,3H2,1-2H3;11H,3-4H2,1-2H3;1-2H3;1H3,(H2,6,8);2*9H,1-2H3;;4*1H4;;;;3*1H2/q;;;;;;;;;;;;;;3*+1;;;/p-3. The second-order valence-electron chi connectivity index (χ2n) is 25.1. The molecule has 14 heterocycles. The van der Waals surface area contributed by atoms with Crippen molar-refractivity contribution >= 4 is 58.0 Å². The summed E-state index contributed by atoms with van der Waals surface area (Å²) in [7, 11) is 7.50. The smallest absolute Gasteiger partial charge is 0.870 e. The number of nitrogens with two attached hydrogens (primary N) is 1. The van der Waals surface area contributed by atoms with Crippen molar-refractivity contribution in [3.63, 3.8) is 0 Å². The van der Waals surface area contributed by atoms with E-state index < -0.39 is 53.1 Å². The van der Waals surface area contributed by atoms with E-state index in [0.29, 0.717) is 103 Å². The van der Waals surface area contributed by atoms with E-state index in [2.05, 4.69) is 208 Å². The monoisotopic (exact) mass is 2050 g/mol. The molecular formula is C67H90F6N33Na3O32.